The Labute approximate surface area is 233 Å². The molecule has 4 rings (SSSR count). The monoisotopic (exact) mass is 577 g/mol. The average molecular weight is 578 g/mol. The van der Waals surface area contributed by atoms with Gasteiger partial charge in [-0.15, -0.1) is 11.3 Å². The fourth-order valence-electron chi connectivity index (χ4n) is 4.32. The standard InChI is InChI=1S/C24H31N7O6S2/c1-5-27-20(25)14-7-9-17-13(10-14)6-8-16(35-17)12(2)36-30-18(15-11-38-23(26)28-15)21(32)29-19-22(33)31(37-39-34)24(19,3)4/h7,9-12,16,19,34H,5-6,8H2,1-4H3,(H2,25,27)(H2,26,28)(H,29,32)/b30-18-. The fourth-order valence-corrected chi connectivity index (χ4v) is 5.20. The lowest BCUT2D eigenvalue weighted by Crippen LogP contribution is -2.76. The first-order chi connectivity index (χ1) is 18.6. The van der Waals surface area contributed by atoms with Gasteiger partial charge in [-0.2, -0.15) is 9.35 Å². The van der Waals surface area contributed by atoms with Crippen molar-refractivity contribution in [1.29, 1.82) is 0 Å². The summed E-state index contributed by atoms with van der Waals surface area (Å²) in [6.45, 7) is 7.69. The third-order valence-corrected chi connectivity index (χ3v) is 7.42. The number of thiazole rings is 1. The third-order valence-electron chi connectivity index (χ3n) is 6.54. The number of anilines is 1. The van der Waals surface area contributed by atoms with E-state index in [0.29, 0.717) is 18.8 Å². The Kier molecular flexibility index (Phi) is 8.64. The summed E-state index contributed by atoms with van der Waals surface area (Å²) in [7, 11) is 0. The highest BCUT2D eigenvalue weighted by atomic mass is 32.2. The molecular weight excluding hydrogens is 546 g/mol. The van der Waals surface area contributed by atoms with Gasteiger partial charge in [-0.05, 0) is 64.3 Å². The molecule has 2 aromatic rings. The van der Waals surface area contributed by atoms with E-state index < -0.39 is 29.5 Å². The SMILES string of the molecule is CCN=C(N)c1ccc2c(c1)CCC(C(C)O/N=C(\C(=O)NC1C(=O)N(OSO)C1(C)C)c1csc(N)n1)O2. The molecule has 1 aromatic heterocycles. The zero-order valence-corrected chi connectivity index (χ0v) is 23.5. The molecule has 210 valence electrons. The van der Waals surface area contributed by atoms with Gasteiger partial charge >= 0.3 is 0 Å². The molecule has 0 radical (unpaired) electrons. The first-order valence-electron chi connectivity index (χ1n) is 12.2. The van der Waals surface area contributed by atoms with E-state index in [2.05, 4.69) is 20.4 Å². The van der Waals surface area contributed by atoms with Crippen LogP contribution < -0.4 is 21.5 Å². The number of β-lactam (4-membered cyclic amide) rings is 1. The Balaban J connectivity index is 1.47. The van der Waals surface area contributed by atoms with Crippen LogP contribution in [0.3, 0.4) is 0 Å². The van der Waals surface area contributed by atoms with Crippen molar-refractivity contribution in [2.75, 3.05) is 12.3 Å². The highest BCUT2D eigenvalue weighted by Crippen LogP contribution is 2.34. The van der Waals surface area contributed by atoms with Crippen LogP contribution >= 0.6 is 23.7 Å². The first-order valence-corrected chi connectivity index (χ1v) is 13.8. The molecule has 3 atom stereocenters. The lowest BCUT2D eigenvalue weighted by molar-refractivity contribution is -0.214. The molecule has 0 saturated carbocycles. The summed E-state index contributed by atoms with van der Waals surface area (Å²) in [6.07, 6.45) is 0.555. The van der Waals surface area contributed by atoms with E-state index in [-0.39, 0.29) is 35.0 Å². The van der Waals surface area contributed by atoms with Gasteiger partial charge in [0.25, 0.3) is 11.8 Å². The topological polar surface area (TPSA) is 187 Å². The maximum atomic E-state index is 13.2. The second-order valence-corrected chi connectivity index (χ2v) is 10.7. The van der Waals surface area contributed by atoms with Crippen molar-refractivity contribution >= 4 is 52.2 Å². The summed E-state index contributed by atoms with van der Waals surface area (Å²) in [5.41, 5.74) is 12.8. The van der Waals surface area contributed by atoms with Crippen LogP contribution in [0.1, 0.15) is 50.9 Å². The summed E-state index contributed by atoms with van der Waals surface area (Å²) in [5.74, 6) is 0.00874. The molecule has 0 spiro atoms. The number of amidine groups is 1. The molecule has 0 bridgehead atoms. The normalized spacial score (nSPS) is 21.5. The van der Waals surface area contributed by atoms with Gasteiger partial charge in [-0.1, -0.05) is 5.16 Å². The maximum absolute atomic E-state index is 13.2. The second-order valence-electron chi connectivity index (χ2n) is 9.54. The van der Waals surface area contributed by atoms with Gasteiger partial charge in [0, 0.05) is 17.5 Å². The molecule has 15 heteroatoms. The van der Waals surface area contributed by atoms with Crippen LogP contribution in [0.2, 0.25) is 0 Å². The highest BCUT2D eigenvalue weighted by molar-refractivity contribution is 7.88. The van der Waals surface area contributed by atoms with E-state index in [1.54, 1.807) is 26.2 Å². The van der Waals surface area contributed by atoms with E-state index in [0.717, 1.165) is 39.7 Å². The summed E-state index contributed by atoms with van der Waals surface area (Å²) < 4.78 is 20.0. The number of oxime groups is 1. The maximum Gasteiger partial charge on any atom is 0.276 e. The van der Waals surface area contributed by atoms with Crippen molar-refractivity contribution in [3.05, 3.63) is 40.4 Å². The molecule has 2 amide bonds. The molecule has 6 N–H and O–H groups in total. The van der Waals surface area contributed by atoms with Gasteiger partial charge in [0.1, 0.15) is 29.4 Å². The van der Waals surface area contributed by atoms with Crippen LogP contribution in [0.4, 0.5) is 5.13 Å². The Morgan fingerprint density at radius 1 is 1.46 bits per heavy atom. The number of nitrogens with two attached hydrogens (primary N) is 2. The zero-order valence-electron chi connectivity index (χ0n) is 21.9. The minimum absolute atomic E-state index is 0.0462. The summed E-state index contributed by atoms with van der Waals surface area (Å²) in [6, 6.07) is 4.79. The Morgan fingerprint density at radius 3 is 2.87 bits per heavy atom. The van der Waals surface area contributed by atoms with E-state index in [4.69, 9.17) is 29.9 Å². The van der Waals surface area contributed by atoms with Gasteiger partial charge < -0.3 is 30.9 Å². The molecule has 39 heavy (non-hydrogen) atoms. The van der Waals surface area contributed by atoms with E-state index in [9.17, 15) is 9.59 Å². The number of hydrogen-bond acceptors (Lipinski definition) is 12. The largest absolute Gasteiger partial charge is 0.486 e. The van der Waals surface area contributed by atoms with Gasteiger partial charge in [-0.3, -0.25) is 14.6 Å². The van der Waals surface area contributed by atoms with Crippen LogP contribution in [-0.2, 0) is 25.1 Å². The minimum Gasteiger partial charge on any atom is -0.486 e. The number of carbonyl (C=O) groups is 2. The Bertz CT molecular complexity index is 1300. The average Bonchev–Trinajstić information content (AvgIpc) is 3.35. The number of benzene rings is 1. The third kappa shape index (κ3) is 5.95. The number of rotatable bonds is 10. The number of fused-ring (bicyclic) bond motifs is 1. The molecule has 3 unspecified atom stereocenters. The van der Waals surface area contributed by atoms with Crippen LogP contribution in [0.5, 0.6) is 5.75 Å². The molecular formula is C24H31N7O6S2. The van der Waals surface area contributed by atoms with Crippen LogP contribution in [0.15, 0.2) is 33.7 Å². The summed E-state index contributed by atoms with van der Waals surface area (Å²) >= 11 is 1.19. The van der Waals surface area contributed by atoms with Gasteiger partial charge in [-0.25, -0.2) is 4.98 Å². The number of hydrogen-bond donors (Lipinski definition) is 4. The Hall–Kier alpha value is -3.40. The minimum atomic E-state index is -0.921. The number of carbonyl (C=O) groups excluding carboxylic acids is 2. The lowest BCUT2D eigenvalue weighted by Gasteiger charge is -2.50. The smallest absolute Gasteiger partial charge is 0.276 e. The number of aryl methyl sites for hydroxylation is 1. The molecule has 1 saturated heterocycles. The van der Waals surface area contributed by atoms with Crippen LogP contribution in [0, 0.1) is 0 Å². The number of nitrogens with zero attached hydrogens (tertiary/aromatic N) is 4. The molecule has 3 heterocycles. The molecule has 2 aliphatic rings. The molecule has 0 aliphatic carbocycles. The van der Waals surface area contributed by atoms with Crippen LogP contribution in [-0.4, -0.2) is 68.3 Å². The number of aromatic nitrogens is 1. The van der Waals surface area contributed by atoms with E-state index in [1.165, 1.54) is 0 Å². The van der Waals surface area contributed by atoms with E-state index >= 15 is 0 Å². The van der Waals surface area contributed by atoms with Gasteiger partial charge in [0.15, 0.2) is 29.3 Å². The van der Waals surface area contributed by atoms with Crippen molar-refractivity contribution in [1.82, 2.24) is 15.4 Å². The second kappa shape index (κ2) is 11.8. The van der Waals surface area contributed by atoms with Crippen molar-refractivity contribution in [2.45, 2.75) is 64.3 Å². The lowest BCUT2D eigenvalue weighted by atomic mass is 9.84. The number of ether oxygens (including phenoxy) is 1. The number of aliphatic imine (C=N–C) groups is 1. The fraction of sp³-hybridized carbons (Fsp3) is 0.458. The first kappa shape index (κ1) is 28.6. The Morgan fingerprint density at radius 2 is 2.23 bits per heavy atom. The van der Waals surface area contributed by atoms with Crippen LogP contribution in [0.25, 0.3) is 0 Å². The molecule has 1 fully saturated rings. The predicted molar refractivity (Wildman–Crippen MR) is 148 cm³/mol. The van der Waals surface area contributed by atoms with Crippen molar-refractivity contribution in [3.63, 3.8) is 0 Å². The van der Waals surface area contributed by atoms with Gasteiger partial charge in [0.2, 0.25) is 0 Å². The van der Waals surface area contributed by atoms with Crippen molar-refractivity contribution < 1.29 is 28.0 Å². The quantitative estimate of drug-likeness (QED) is 0.107. The molecule has 13 nitrogen and oxygen atoms in total. The zero-order chi connectivity index (χ0) is 28.3. The van der Waals surface area contributed by atoms with Crippen molar-refractivity contribution in [2.24, 2.45) is 15.9 Å². The predicted octanol–water partition coefficient (Wildman–Crippen LogP) is 2.11. The summed E-state index contributed by atoms with van der Waals surface area (Å²) in [4.78, 5) is 39.8. The van der Waals surface area contributed by atoms with Crippen molar-refractivity contribution in [3.8, 4) is 5.75 Å². The van der Waals surface area contributed by atoms with Gasteiger partial charge in [0.05, 0.1) is 5.54 Å². The molecule has 1 aromatic carbocycles. The number of hydroxylamine groups is 2. The number of amides is 2. The highest BCUT2D eigenvalue weighted by Gasteiger charge is 2.57. The molecule has 2 aliphatic heterocycles. The van der Waals surface area contributed by atoms with E-state index in [1.807, 2.05) is 25.1 Å². The number of nitrogens with one attached hydrogen (secondary N) is 1. The summed E-state index contributed by atoms with van der Waals surface area (Å²) in [5, 5.41) is 9.57. The number of nitrogen functional groups attached to an aromatic ring is 1.